The summed E-state index contributed by atoms with van der Waals surface area (Å²) < 4.78 is 36.7. The SMILES string of the molecule is CNS(=O)(=O)O[C@@H]1C[C@H](Nc2ncncc2C(=O)c2cc(Cc3cccc(Cl)c3)c([C@H]3CCCO3)s2)C[C@@H]1O. The number of nitrogens with one attached hydrogen (secondary N) is 2. The van der Waals surface area contributed by atoms with Gasteiger partial charge >= 0.3 is 10.3 Å². The topological polar surface area (TPSA) is 140 Å². The van der Waals surface area contributed by atoms with Crippen molar-refractivity contribution >= 4 is 44.8 Å². The van der Waals surface area contributed by atoms with Crippen molar-refractivity contribution in [1.82, 2.24) is 14.7 Å². The van der Waals surface area contributed by atoms with Crippen LogP contribution in [0.15, 0.2) is 42.9 Å². The summed E-state index contributed by atoms with van der Waals surface area (Å²) in [5, 5.41) is 14.2. The van der Waals surface area contributed by atoms with Crippen molar-refractivity contribution in [2.24, 2.45) is 0 Å². The Hall–Kier alpha value is -2.45. The van der Waals surface area contributed by atoms with Gasteiger partial charge < -0.3 is 15.2 Å². The van der Waals surface area contributed by atoms with Gasteiger partial charge in [0.25, 0.3) is 0 Å². The summed E-state index contributed by atoms with van der Waals surface area (Å²) in [5.41, 5.74) is 2.35. The Kier molecular flexibility index (Phi) is 8.62. The highest BCUT2D eigenvalue weighted by Crippen LogP contribution is 2.39. The fraction of sp³-hybridized carbons (Fsp3) is 0.423. The number of rotatable bonds is 10. The molecular weight excluding hydrogens is 564 g/mol. The monoisotopic (exact) mass is 592 g/mol. The van der Waals surface area contributed by atoms with Gasteiger partial charge in [0.2, 0.25) is 5.78 Å². The van der Waals surface area contributed by atoms with Crippen LogP contribution in [0, 0.1) is 0 Å². The van der Waals surface area contributed by atoms with Gasteiger partial charge in [0.15, 0.2) is 0 Å². The maximum atomic E-state index is 13.7. The Morgan fingerprint density at radius 1 is 1.31 bits per heavy atom. The molecule has 10 nitrogen and oxygen atoms in total. The van der Waals surface area contributed by atoms with Gasteiger partial charge in [0.1, 0.15) is 18.2 Å². The highest BCUT2D eigenvalue weighted by Gasteiger charge is 2.37. The highest BCUT2D eigenvalue weighted by molar-refractivity contribution is 7.84. The van der Waals surface area contributed by atoms with Crippen LogP contribution < -0.4 is 10.0 Å². The number of ether oxygens (including phenoxy) is 1. The second-order valence-corrected chi connectivity index (χ2v) is 12.6. The predicted molar refractivity (Wildman–Crippen MR) is 147 cm³/mol. The number of hydrogen-bond acceptors (Lipinski definition) is 10. The first kappa shape index (κ1) is 28.1. The van der Waals surface area contributed by atoms with E-state index >= 15 is 0 Å². The minimum atomic E-state index is -3.96. The third-order valence-electron chi connectivity index (χ3n) is 6.84. The van der Waals surface area contributed by atoms with E-state index in [0.717, 1.165) is 28.8 Å². The fourth-order valence-corrected chi connectivity index (χ4v) is 7.02. The number of thiophene rings is 1. The minimum absolute atomic E-state index is 0.0545. The number of aliphatic hydroxyl groups excluding tert-OH is 1. The Morgan fingerprint density at radius 2 is 2.15 bits per heavy atom. The number of aromatic nitrogens is 2. The Morgan fingerprint density at radius 3 is 2.90 bits per heavy atom. The second kappa shape index (κ2) is 12.0. The molecule has 3 aromatic rings. The molecule has 1 aliphatic heterocycles. The smallest absolute Gasteiger partial charge is 0.335 e. The zero-order valence-electron chi connectivity index (χ0n) is 21.2. The number of aliphatic hydroxyl groups is 1. The van der Waals surface area contributed by atoms with Gasteiger partial charge in [-0.15, -0.1) is 11.3 Å². The van der Waals surface area contributed by atoms with E-state index in [1.54, 1.807) is 0 Å². The highest BCUT2D eigenvalue weighted by atomic mass is 35.5. The number of anilines is 1. The van der Waals surface area contributed by atoms with Crippen molar-refractivity contribution in [3.05, 3.63) is 74.3 Å². The standard InChI is InChI=1S/C26H29ClN4O6S2/c1-28-39(34,35)37-22-12-18(11-20(22)32)31-26-19(13-29-14-30-26)24(33)23-10-16(8-15-4-2-5-17(27)9-15)25(38-23)21-6-3-7-36-21/h2,4-5,9-10,13-14,18,20-22,28,32H,3,6-8,11-12H2,1H3,(H,29,30,31)/t18-,20+,21-,22-/m1/s1. The van der Waals surface area contributed by atoms with Crippen molar-refractivity contribution in [3.63, 3.8) is 0 Å². The van der Waals surface area contributed by atoms with Crippen LogP contribution in [0.5, 0.6) is 0 Å². The van der Waals surface area contributed by atoms with Crippen LogP contribution in [-0.4, -0.2) is 61.2 Å². The molecule has 1 saturated carbocycles. The first-order chi connectivity index (χ1) is 18.7. The number of ketones is 1. The molecule has 1 aliphatic carbocycles. The molecule has 0 unspecified atom stereocenters. The molecule has 2 aliphatic rings. The number of halogens is 1. The number of carbonyl (C=O) groups excluding carboxylic acids is 1. The second-order valence-electron chi connectivity index (χ2n) is 9.60. The van der Waals surface area contributed by atoms with Crippen molar-refractivity contribution < 1.29 is 27.2 Å². The molecule has 0 radical (unpaired) electrons. The van der Waals surface area contributed by atoms with E-state index in [-0.39, 0.29) is 36.3 Å². The van der Waals surface area contributed by atoms with Gasteiger partial charge in [0, 0.05) is 35.8 Å². The van der Waals surface area contributed by atoms with E-state index in [0.29, 0.717) is 28.7 Å². The van der Waals surface area contributed by atoms with Gasteiger partial charge in [-0.05, 0) is 61.4 Å². The fourth-order valence-electron chi connectivity index (χ4n) is 4.96. The maximum Gasteiger partial charge on any atom is 0.335 e. The Labute approximate surface area is 236 Å². The quantitative estimate of drug-likeness (QED) is 0.301. The summed E-state index contributed by atoms with van der Waals surface area (Å²) in [4.78, 5) is 23.7. The molecule has 0 bridgehead atoms. The van der Waals surface area contributed by atoms with Gasteiger partial charge in [-0.1, -0.05) is 23.7 Å². The molecule has 208 valence electrons. The molecule has 1 saturated heterocycles. The summed E-state index contributed by atoms with van der Waals surface area (Å²) in [7, 11) is -2.72. The zero-order valence-corrected chi connectivity index (χ0v) is 23.6. The number of hydrogen-bond donors (Lipinski definition) is 3. The molecule has 2 fully saturated rings. The number of nitrogens with zero attached hydrogens (tertiary/aromatic N) is 2. The molecule has 13 heteroatoms. The van der Waals surface area contributed by atoms with Gasteiger partial charge in [0.05, 0.1) is 22.6 Å². The van der Waals surface area contributed by atoms with Crippen molar-refractivity contribution in [2.75, 3.05) is 19.0 Å². The molecule has 0 amide bonds. The van der Waals surface area contributed by atoms with Crippen LogP contribution in [0.3, 0.4) is 0 Å². The van der Waals surface area contributed by atoms with Crippen LogP contribution in [0.2, 0.25) is 5.02 Å². The summed E-state index contributed by atoms with van der Waals surface area (Å²) in [6, 6.07) is 9.21. The van der Waals surface area contributed by atoms with E-state index in [4.69, 9.17) is 20.5 Å². The molecule has 3 N–H and O–H groups in total. The average molecular weight is 593 g/mol. The van der Waals surface area contributed by atoms with Gasteiger partial charge in [-0.3, -0.25) is 8.98 Å². The van der Waals surface area contributed by atoms with Crippen LogP contribution in [0.4, 0.5) is 5.82 Å². The third kappa shape index (κ3) is 6.65. The maximum absolute atomic E-state index is 13.7. The largest absolute Gasteiger partial charge is 0.390 e. The van der Waals surface area contributed by atoms with Crippen LogP contribution in [0.1, 0.15) is 63.0 Å². The zero-order chi connectivity index (χ0) is 27.6. The van der Waals surface area contributed by atoms with E-state index in [2.05, 4.69) is 20.0 Å². The molecular formula is C26H29ClN4O6S2. The van der Waals surface area contributed by atoms with Gasteiger partial charge in [-0.25, -0.2) is 9.97 Å². The molecule has 5 rings (SSSR count). The molecule has 4 atom stereocenters. The number of carbonyl (C=O) groups is 1. The predicted octanol–water partition coefficient (Wildman–Crippen LogP) is 3.65. The molecule has 0 spiro atoms. The van der Waals surface area contributed by atoms with E-state index in [1.165, 1.54) is 30.9 Å². The lowest BCUT2D eigenvalue weighted by molar-refractivity contribution is 0.0636. The summed E-state index contributed by atoms with van der Waals surface area (Å²) >= 11 is 7.62. The lowest BCUT2D eigenvalue weighted by atomic mass is 10.0. The summed E-state index contributed by atoms with van der Waals surface area (Å²) in [6.07, 6.45) is 3.76. The van der Waals surface area contributed by atoms with Crippen LogP contribution in [-0.2, 0) is 25.6 Å². The van der Waals surface area contributed by atoms with Crippen molar-refractivity contribution in [2.45, 2.75) is 56.5 Å². The first-order valence-electron chi connectivity index (χ1n) is 12.6. The normalized spacial score (nSPS) is 23.3. The summed E-state index contributed by atoms with van der Waals surface area (Å²) in [5.74, 6) is 0.0802. The van der Waals surface area contributed by atoms with Crippen molar-refractivity contribution in [1.29, 1.82) is 0 Å². The molecule has 3 heterocycles. The lowest BCUT2D eigenvalue weighted by Gasteiger charge is -2.15. The van der Waals surface area contributed by atoms with Crippen LogP contribution >= 0.6 is 22.9 Å². The Balaban J connectivity index is 1.38. The van der Waals surface area contributed by atoms with Crippen LogP contribution in [0.25, 0.3) is 0 Å². The molecule has 2 aromatic heterocycles. The van der Waals surface area contributed by atoms with E-state index in [1.807, 2.05) is 30.3 Å². The van der Waals surface area contributed by atoms with Gasteiger partial charge in [-0.2, -0.15) is 13.1 Å². The lowest BCUT2D eigenvalue weighted by Crippen LogP contribution is -2.31. The average Bonchev–Trinajstić information content (AvgIpc) is 3.65. The Bertz CT molecular complexity index is 1440. The van der Waals surface area contributed by atoms with E-state index in [9.17, 15) is 18.3 Å². The number of benzene rings is 1. The van der Waals surface area contributed by atoms with Crippen molar-refractivity contribution in [3.8, 4) is 0 Å². The minimum Gasteiger partial charge on any atom is -0.390 e. The summed E-state index contributed by atoms with van der Waals surface area (Å²) in [6.45, 7) is 0.691. The first-order valence-corrected chi connectivity index (χ1v) is 15.2. The third-order valence-corrected chi connectivity index (χ3v) is 9.35. The molecule has 1 aromatic carbocycles. The van der Waals surface area contributed by atoms with E-state index < -0.39 is 22.5 Å². The molecule has 39 heavy (non-hydrogen) atoms.